The fourth-order valence-electron chi connectivity index (χ4n) is 4.70. The van der Waals surface area contributed by atoms with Gasteiger partial charge in [0.1, 0.15) is 0 Å². The summed E-state index contributed by atoms with van der Waals surface area (Å²) in [5.74, 6) is 0.660. The SMILES string of the molecule is CCCC[C@]1(CC)CS(=O)(=O)C2CCCCC2C2OC21. The predicted octanol–water partition coefficient (Wildman–Crippen LogP) is 3.33. The van der Waals surface area contributed by atoms with Crippen LogP contribution in [-0.4, -0.2) is 31.6 Å². The summed E-state index contributed by atoms with van der Waals surface area (Å²) in [6, 6.07) is 0. The highest BCUT2D eigenvalue weighted by molar-refractivity contribution is 7.92. The third kappa shape index (κ3) is 2.33. The smallest absolute Gasteiger partial charge is 0.154 e. The van der Waals surface area contributed by atoms with Gasteiger partial charge >= 0.3 is 0 Å². The lowest BCUT2D eigenvalue weighted by atomic mass is 9.74. The molecule has 1 saturated carbocycles. The summed E-state index contributed by atoms with van der Waals surface area (Å²) in [7, 11) is -2.95. The van der Waals surface area contributed by atoms with Gasteiger partial charge in [0.25, 0.3) is 0 Å². The van der Waals surface area contributed by atoms with Gasteiger partial charge in [0.05, 0.1) is 23.2 Å². The van der Waals surface area contributed by atoms with Crippen LogP contribution in [-0.2, 0) is 14.6 Å². The quantitative estimate of drug-likeness (QED) is 0.748. The average molecular weight is 300 g/mol. The van der Waals surface area contributed by atoms with E-state index in [1.54, 1.807) is 0 Å². The molecular formula is C16H28O3S. The number of hydrogen-bond acceptors (Lipinski definition) is 3. The molecule has 3 aliphatic rings. The van der Waals surface area contributed by atoms with Crippen LogP contribution in [0.25, 0.3) is 0 Å². The monoisotopic (exact) mass is 300 g/mol. The van der Waals surface area contributed by atoms with E-state index in [2.05, 4.69) is 13.8 Å². The third-order valence-corrected chi connectivity index (χ3v) is 8.47. The second-order valence-corrected chi connectivity index (χ2v) is 9.35. The molecule has 4 unspecified atom stereocenters. The molecule has 0 radical (unpaired) electrons. The zero-order chi connectivity index (χ0) is 14.4. The van der Waals surface area contributed by atoms with E-state index in [1.165, 1.54) is 6.42 Å². The van der Waals surface area contributed by atoms with Gasteiger partial charge in [-0.1, -0.05) is 39.5 Å². The average Bonchev–Trinajstić information content (AvgIpc) is 3.24. The second-order valence-electron chi connectivity index (χ2n) is 7.13. The van der Waals surface area contributed by atoms with Crippen LogP contribution in [0.5, 0.6) is 0 Å². The van der Waals surface area contributed by atoms with Crippen LogP contribution in [0.3, 0.4) is 0 Å². The molecule has 0 spiro atoms. The number of ether oxygens (including phenoxy) is 1. The van der Waals surface area contributed by atoms with Crippen LogP contribution in [0.2, 0.25) is 0 Å². The number of unbranched alkanes of at least 4 members (excludes halogenated alkanes) is 1. The van der Waals surface area contributed by atoms with Crippen LogP contribution >= 0.6 is 0 Å². The van der Waals surface area contributed by atoms with Crippen LogP contribution in [0.1, 0.15) is 65.2 Å². The Morgan fingerprint density at radius 3 is 2.65 bits per heavy atom. The second kappa shape index (κ2) is 5.28. The molecule has 0 aromatic carbocycles. The molecule has 1 aliphatic carbocycles. The molecule has 20 heavy (non-hydrogen) atoms. The minimum Gasteiger partial charge on any atom is -0.369 e. The van der Waals surface area contributed by atoms with Gasteiger partial charge in [-0.2, -0.15) is 0 Å². The molecule has 2 aliphatic heterocycles. The number of fused-ring (bicyclic) bond motifs is 3. The van der Waals surface area contributed by atoms with Crippen molar-refractivity contribution in [2.24, 2.45) is 11.3 Å². The van der Waals surface area contributed by atoms with Gasteiger partial charge in [0, 0.05) is 11.3 Å². The first-order valence-corrected chi connectivity index (χ1v) is 10.1. The molecule has 0 aromatic heterocycles. The van der Waals surface area contributed by atoms with Gasteiger partial charge in [-0.25, -0.2) is 8.42 Å². The highest BCUT2D eigenvalue weighted by Gasteiger charge is 2.63. The minimum atomic E-state index is -2.95. The zero-order valence-corrected chi connectivity index (χ0v) is 13.6. The Hall–Kier alpha value is -0.0900. The molecule has 0 bridgehead atoms. The van der Waals surface area contributed by atoms with Gasteiger partial charge in [-0.05, 0) is 25.7 Å². The van der Waals surface area contributed by atoms with E-state index < -0.39 is 9.84 Å². The van der Waals surface area contributed by atoms with Crippen molar-refractivity contribution in [2.75, 3.05) is 5.75 Å². The Balaban J connectivity index is 1.92. The van der Waals surface area contributed by atoms with Gasteiger partial charge in [0.15, 0.2) is 9.84 Å². The molecule has 0 N–H and O–H groups in total. The van der Waals surface area contributed by atoms with Crippen molar-refractivity contribution >= 4 is 9.84 Å². The lowest BCUT2D eigenvalue weighted by molar-refractivity contribution is 0.185. The minimum absolute atomic E-state index is 0.100. The van der Waals surface area contributed by atoms with E-state index in [0.717, 1.165) is 44.9 Å². The van der Waals surface area contributed by atoms with E-state index in [9.17, 15) is 8.42 Å². The topological polar surface area (TPSA) is 46.7 Å². The van der Waals surface area contributed by atoms with Gasteiger partial charge in [-0.15, -0.1) is 0 Å². The van der Waals surface area contributed by atoms with E-state index in [4.69, 9.17) is 4.74 Å². The molecule has 4 heteroatoms. The number of rotatable bonds is 4. The highest BCUT2D eigenvalue weighted by Crippen LogP contribution is 2.55. The standard InChI is InChI=1S/C16H28O3S/c1-3-5-10-16(4-2)11-20(17,18)13-9-7-6-8-12(13)14-15(16)19-14/h12-15H,3-11H2,1-2H3/t12?,13?,14?,15?,16-/m1/s1. The fourth-order valence-corrected chi connectivity index (χ4v) is 7.58. The lowest BCUT2D eigenvalue weighted by Crippen LogP contribution is -2.39. The van der Waals surface area contributed by atoms with E-state index >= 15 is 0 Å². The number of hydrogen-bond donors (Lipinski definition) is 0. The third-order valence-electron chi connectivity index (χ3n) is 5.99. The maximum atomic E-state index is 12.9. The predicted molar refractivity (Wildman–Crippen MR) is 80.4 cm³/mol. The van der Waals surface area contributed by atoms with E-state index in [0.29, 0.717) is 5.75 Å². The molecule has 2 saturated heterocycles. The van der Waals surface area contributed by atoms with Crippen molar-refractivity contribution in [1.29, 1.82) is 0 Å². The molecule has 116 valence electrons. The fraction of sp³-hybridized carbons (Fsp3) is 1.00. The summed E-state index contributed by atoms with van der Waals surface area (Å²) in [5.41, 5.74) is -0.100. The van der Waals surface area contributed by atoms with Crippen molar-refractivity contribution in [3.63, 3.8) is 0 Å². The Morgan fingerprint density at radius 1 is 1.20 bits per heavy atom. The first kappa shape index (κ1) is 14.8. The zero-order valence-electron chi connectivity index (χ0n) is 12.8. The van der Waals surface area contributed by atoms with E-state index in [1.807, 2.05) is 0 Å². The van der Waals surface area contributed by atoms with Crippen LogP contribution in [0.15, 0.2) is 0 Å². The first-order valence-electron chi connectivity index (χ1n) is 8.41. The van der Waals surface area contributed by atoms with Crippen molar-refractivity contribution in [2.45, 2.75) is 82.7 Å². The van der Waals surface area contributed by atoms with E-state index in [-0.39, 0.29) is 28.8 Å². The Morgan fingerprint density at radius 2 is 1.95 bits per heavy atom. The Kier molecular flexibility index (Phi) is 3.91. The van der Waals surface area contributed by atoms with Crippen molar-refractivity contribution in [3.8, 4) is 0 Å². The maximum absolute atomic E-state index is 12.9. The summed E-state index contributed by atoms with van der Waals surface area (Å²) < 4.78 is 31.8. The van der Waals surface area contributed by atoms with Crippen LogP contribution in [0, 0.1) is 11.3 Å². The summed E-state index contributed by atoms with van der Waals surface area (Å²) in [6.45, 7) is 4.33. The largest absolute Gasteiger partial charge is 0.369 e. The summed E-state index contributed by atoms with van der Waals surface area (Å²) in [4.78, 5) is 0. The number of epoxide rings is 1. The molecule has 0 amide bonds. The molecular weight excluding hydrogens is 272 g/mol. The molecule has 3 rings (SSSR count). The van der Waals surface area contributed by atoms with Crippen LogP contribution < -0.4 is 0 Å². The summed E-state index contributed by atoms with van der Waals surface area (Å²) in [5, 5.41) is -0.110. The van der Waals surface area contributed by atoms with Gasteiger partial charge in [-0.3, -0.25) is 0 Å². The Labute approximate surface area is 123 Å². The first-order chi connectivity index (χ1) is 9.54. The normalized spacial score (nSPS) is 46.1. The lowest BCUT2D eigenvalue weighted by Gasteiger charge is -2.32. The van der Waals surface area contributed by atoms with Crippen molar-refractivity contribution < 1.29 is 13.2 Å². The highest BCUT2D eigenvalue weighted by atomic mass is 32.2. The molecule has 3 nitrogen and oxygen atoms in total. The maximum Gasteiger partial charge on any atom is 0.154 e. The number of sulfone groups is 1. The van der Waals surface area contributed by atoms with Crippen molar-refractivity contribution in [1.82, 2.24) is 0 Å². The van der Waals surface area contributed by atoms with Gasteiger partial charge in [0.2, 0.25) is 0 Å². The van der Waals surface area contributed by atoms with Crippen molar-refractivity contribution in [3.05, 3.63) is 0 Å². The molecule has 0 aromatic rings. The molecule has 2 heterocycles. The van der Waals surface area contributed by atoms with Crippen LogP contribution in [0.4, 0.5) is 0 Å². The Bertz CT molecular complexity index is 458. The van der Waals surface area contributed by atoms with Gasteiger partial charge < -0.3 is 4.74 Å². The summed E-state index contributed by atoms with van der Waals surface area (Å²) in [6.07, 6.45) is 8.84. The molecule has 5 atom stereocenters. The summed E-state index contributed by atoms with van der Waals surface area (Å²) >= 11 is 0. The molecule has 3 fully saturated rings.